The first-order valence-electron chi connectivity index (χ1n) is 6.91. The van der Waals surface area contributed by atoms with Crippen LogP contribution in [-0.4, -0.2) is 46.0 Å². The molecule has 1 rings (SSSR count). The molecular formula is C14H28N2OS. The average molecular weight is 272 g/mol. The van der Waals surface area contributed by atoms with Crippen molar-refractivity contribution in [3.05, 3.63) is 0 Å². The summed E-state index contributed by atoms with van der Waals surface area (Å²) in [5, 5.41) is 3.47. The number of thioether (sulfide) groups is 1. The zero-order valence-electron chi connectivity index (χ0n) is 12.6. The standard InChI is InChI=1S/C14H28N2OS/c1-10(2)16-8-7-12(13(16)17)15-11(3)9-18-14(4,5)6/h10-12,15H,7-9H2,1-6H3/t11-,12-/m1/s1. The first-order chi connectivity index (χ1) is 8.20. The number of amides is 1. The van der Waals surface area contributed by atoms with E-state index in [1.807, 2.05) is 16.7 Å². The molecule has 0 bridgehead atoms. The van der Waals surface area contributed by atoms with E-state index in [1.54, 1.807) is 0 Å². The number of hydrogen-bond donors (Lipinski definition) is 1. The van der Waals surface area contributed by atoms with Crippen molar-refractivity contribution in [1.29, 1.82) is 0 Å². The van der Waals surface area contributed by atoms with E-state index >= 15 is 0 Å². The molecule has 0 saturated carbocycles. The van der Waals surface area contributed by atoms with Gasteiger partial charge >= 0.3 is 0 Å². The van der Waals surface area contributed by atoms with Crippen molar-refractivity contribution < 1.29 is 4.79 Å². The summed E-state index contributed by atoms with van der Waals surface area (Å²) in [4.78, 5) is 14.1. The van der Waals surface area contributed by atoms with E-state index in [0.717, 1.165) is 18.7 Å². The summed E-state index contributed by atoms with van der Waals surface area (Å²) in [5.41, 5.74) is 0. The number of nitrogens with zero attached hydrogens (tertiary/aromatic N) is 1. The lowest BCUT2D eigenvalue weighted by molar-refractivity contribution is -0.130. The van der Waals surface area contributed by atoms with Gasteiger partial charge in [0.05, 0.1) is 6.04 Å². The second-order valence-corrected chi connectivity index (χ2v) is 8.30. The molecule has 1 saturated heterocycles. The predicted molar refractivity (Wildman–Crippen MR) is 80.1 cm³/mol. The van der Waals surface area contributed by atoms with Crippen LogP contribution in [0, 0.1) is 0 Å². The molecule has 0 radical (unpaired) electrons. The lowest BCUT2D eigenvalue weighted by atomic mass is 10.2. The third-order valence-corrected chi connectivity index (χ3v) is 4.65. The molecule has 0 unspecified atom stereocenters. The minimum Gasteiger partial charge on any atom is -0.339 e. The van der Waals surface area contributed by atoms with Crippen LogP contribution < -0.4 is 5.32 Å². The van der Waals surface area contributed by atoms with Crippen LogP contribution in [0.4, 0.5) is 0 Å². The van der Waals surface area contributed by atoms with Crippen molar-refractivity contribution in [2.24, 2.45) is 0 Å². The fourth-order valence-electron chi connectivity index (χ4n) is 2.14. The third kappa shape index (κ3) is 4.81. The Hall–Kier alpha value is -0.220. The highest BCUT2D eigenvalue weighted by molar-refractivity contribution is 8.00. The summed E-state index contributed by atoms with van der Waals surface area (Å²) in [6, 6.07) is 0.738. The van der Waals surface area contributed by atoms with Gasteiger partial charge in [0.25, 0.3) is 0 Å². The summed E-state index contributed by atoms with van der Waals surface area (Å²) >= 11 is 1.95. The van der Waals surface area contributed by atoms with Crippen LogP contribution in [0.1, 0.15) is 48.0 Å². The van der Waals surface area contributed by atoms with Crippen molar-refractivity contribution in [3.63, 3.8) is 0 Å². The van der Waals surface area contributed by atoms with Gasteiger partial charge in [0, 0.05) is 29.1 Å². The first-order valence-corrected chi connectivity index (χ1v) is 7.90. The molecule has 106 valence electrons. The van der Waals surface area contributed by atoms with Crippen molar-refractivity contribution in [2.45, 2.75) is 70.8 Å². The number of likely N-dealkylation sites (tertiary alicyclic amines) is 1. The van der Waals surface area contributed by atoms with E-state index < -0.39 is 0 Å². The van der Waals surface area contributed by atoms with Gasteiger partial charge < -0.3 is 10.2 Å². The smallest absolute Gasteiger partial charge is 0.240 e. The maximum Gasteiger partial charge on any atom is 0.240 e. The molecule has 0 aromatic carbocycles. The molecule has 1 aliphatic rings. The van der Waals surface area contributed by atoms with Gasteiger partial charge in [-0.2, -0.15) is 11.8 Å². The van der Waals surface area contributed by atoms with Crippen molar-refractivity contribution >= 4 is 17.7 Å². The highest BCUT2D eigenvalue weighted by Crippen LogP contribution is 2.24. The monoisotopic (exact) mass is 272 g/mol. The van der Waals surface area contributed by atoms with Crippen LogP contribution in [-0.2, 0) is 4.79 Å². The first kappa shape index (κ1) is 15.8. The molecule has 1 fully saturated rings. The van der Waals surface area contributed by atoms with E-state index in [0.29, 0.717) is 16.8 Å². The fourth-order valence-corrected chi connectivity index (χ4v) is 2.98. The number of hydrogen-bond acceptors (Lipinski definition) is 3. The van der Waals surface area contributed by atoms with Crippen LogP contribution >= 0.6 is 11.8 Å². The minimum absolute atomic E-state index is 0.0305. The molecule has 0 aromatic heterocycles. The Balaban J connectivity index is 2.37. The average Bonchev–Trinajstić information content (AvgIpc) is 2.57. The normalized spacial score (nSPS) is 22.9. The van der Waals surface area contributed by atoms with Gasteiger partial charge in [-0.15, -0.1) is 0 Å². The molecule has 1 heterocycles. The number of rotatable bonds is 5. The summed E-state index contributed by atoms with van der Waals surface area (Å²) in [6.45, 7) is 13.9. The molecule has 1 aliphatic heterocycles. The van der Waals surface area contributed by atoms with E-state index in [4.69, 9.17) is 0 Å². The Morgan fingerprint density at radius 1 is 1.39 bits per heavy atom. The summed E-state index contributed by atoms with van der Waals surface area (Å²) in [6.07, 6.45) is 0.946. The van der Waals surface area contributed by atoms with Gasteiger partial charge in [-0.3, -0.25) is 4.79 Å². The Bertz CT molecular complexity index is 286. The van der Waals surface area contributed by atoms with E-state index in [1.165, 1.54) is 0 Å². The lowest BCUT2D eigenvalue weighted by Crippen LogP contribution is -2.45. The molecule has 3 nitrogen and oxygen atoms in total. The Kier molecular flexibility index (Phi) is 5.53. The molecule has 0 aliphatic carbocycles. The van der Waals surface area contributed by atoms with Gasteiger partial charge in [0.15, 0.2) is 0 Å². The van der Waals surface area contributed by atoms with E-state index in [9.17, 15) is 4.79 Å². The number of carbonyl (C=O) groups excluding carboxylic acids is 1. The summed E-state index contributed by atoms with van der Waals surface area (Å²) in [7, 11) is 0. The molecule has 18 heavy (non-hydrogen) atoms. The van der Waals surface area contributed by atoms with Crippen LogP contribution in [0.25, 0.3) is 0 Å². The largest absolute Gasteiger partial charge is 0.339 e. The van der Waals surface area contributed by atoms with Crippen molar-refractivity contribution in [2.75, 3.05) is 12.3 Å². The van der Waals surface area contributed by atoms with Crippen LogP contribution in [0.2, 0.25) is 0 Å². The van der Waals surface area contributed by atoms with Crippen molar-refractivity contribution in [1.82, 2.24) is 10.2 Å². The number of carbonyl (C=O) groups is 1. The second kappa shape index (κ2) is 6.29. The maximum absolute atomic E-state index is 12.1. The van der Waals surface area contributed by atoms with E-state index in [2.05, 4.69) is 46.9 Å². The maximum atomic E-state index is 12.1. The zero-order chi connectivity index (χ0) is 13.9. The Labute approximate surface area is 116 Å². The van der Waals surface area contributed by atoms with Gasteiger partial charge in [0.1, 0.15) is 0 Å². The highest BCUT2D eigenvalue weighted by atomic mass is 32.2. The molecule has 4 heteroatoms. The van der Waals surface area contributed by atoms with E-state index in [-0.39, 0.29) is 11.9 Å². The van der Waals surface area contributed by atoms with Crippen LogP contribution in [0.15, 0.2) is 0 Å². The molecule has 0 spiro atoms. The molecular weight excluding hydrogens is 244 g/mol. The summed E-state index contributed by atoms with van der Waals surface area (Å²) in [5.74, 6) is 1.33. The third-order valence-electron chi connectivity index (χ3n) is 3.12. The SMILES string of the molecule is CC(C)N1CC[C@@H](N[C@H](C)CSC(C)(C)C)C1=O. The molecule has 1 amide bonds. The Morgan fingerprint density at radius 2 is 2.00 bits per heavy atom. The van der Waals surface area contributed by atoms with Crippen LogP contribution in [0.5, 0.6) is 0 Å². The van der Waals surface area contributed by atoms with Crippen molar-refractivity contribution in [3.8, 4) is 0 Å². The van der Waals surface area contributed by atoms with Gasteiger partial charge in [0.2, 0.25) is 5.91 Å². The lowest BCUT2D eigenvalue weighted by Gasteiger charge is -2.24. The second-order valence-electron chi connectivity index (χ2n) is 6.46. The minimum atomic E-state index is 0.0305. The van der Waals surface area contributed by atoms with Gasteiger partial charge in [-0.1, -0.05) is 20.8 Å². The molecule has 2 atom stereocenters. The fraction of sp³-hybridized carbons (Fsp3) is 0.929. The Morgan fingerprint density at radius 3 is 2.44 bits per heavy atom. The topological polar surface area (TPSA) is 32.3 Å². The molecule has 0 aromatic rings. The van der Waals surface area contributed by atoms with Crippen LogP contribution in [0.3, 0.4) is 0 Å². The zero-order valence-corrected chi connectivity index (χ0v) is 13.4. The summed E-state index contributed by atoms with van der Waals surface area (Å²) < 4.78 is 0.291. The van der Waals surface area contributed by atoms with Gasteiger partial charge in [-0.05, 0) is 27.2 Å². The number of nitrogens with one attached hydrogen (secondary N) is 1. The highest BCUT2D eigenvalue weighted by Gasteiger charge is 2.33. The van der Waals surface area contributed by atoms with Gasteiger partial charge in [-0.25, -0.2) is 0 Å². The molecule has 1 N–H and O–H groups in total. The quantitative estimate of drug-likeness (QED) is 0.834. The predicted octanol–water partition coefficient (Wildman–Crippen LogP) is 2.51.